The lowest BCUT2D eigenvalue weighted by atomic mass is 10.2. The molecule has 0 aliphatic heterocycles. The lowest BCUT2D eigenvalue weighted by Crippen LogP contribution is -2.15. The highest BCUT2D eigenvalue weighted by Crippen LogP contribution is 2.34. The molecule has 0 nitrogen and oxygen atoms in total. The van der Waals surface area contributed by atoms with Crippen molar-refractivity contribution in [2.24, 2.45) is 0 Å². The topological polar surface area (TPSA) is 0 Å². The summed E-state index contributed by atoms with van der Waals surface area (Å²) in [6, 6.07) is 0. The first-order valence-corrected chi connectivity index (χ1v) is 4.77. The van der Waals surface area contributed by atoms with Crippen molar-refractivity contribution in [1.82, 2.24) is 0 Å². The monoisotopic (exact) mass is 222 g/mol. The van der Waals surface area contributed by atoms with Crippen LogP contribution in [0.3, 0.4) is 0 Å². The second-order valence-electron chi connectivity index (χ2n) is 2.20. The SMILES string of the molecule is CCCC(Cl)(Cl)CC(Cl)Cl. The molecule has 0 radical (unpaired) electrons. The lowest BCUT2D eigenvalue weighted by molar-refractivity contribution is 0.648. The fourth-order valence-electron chi connectivity index (χ4n) is 0.694. The Morgan fingerprint density at radius 2 is 1.80 bits per heavy atom. The van der Waals surface area contributed by atoms with Crippen LogP contribution in [0.25, 0.3) is 0 Å². The summed E-state index contributed by atoms with van der Waals surface area (Å²) in [5, 5.41) is 0. The summed E-state index contributed by atoms with van der Waals surface area (Å²) in [6.07, 6.45) is 2.09. The first kappa shape index (κ1) is 11.2. The molecule has 0 atom stereocenters. The van der Waals surface area contributed by atoms with E-state index in [0.29, 0.717) is 6.42 Å². The van der Waals surface area contributed by atoms with Gasteiger partial charge in [0.25, 0.3) is 0 Å². The molecular weight excluding hydrogens is 214 g/mol. The molecule has 0 aliphatic carbocycles. The van der Waals surface area contributed by atoms with E-state index >= 15 is 0 Å². The van der Waals surface area contributed by atoms with E-state index in [-0.39, 0.29) is 0 Å². The zero-order valence-electron chi connectivity index (χ0n) is 5.71. The van der Waals surface area contributed by atoms with Crippen LogP contribution in [-0.2, 0) is 0 Å². The minimum Gasteiger partial charge on any atom is -0.105 e. The Morgan fingerprint density at radius 3 is 2.10 bits per heavy atom. The summed E-state index contributed by atoms with van der Waals surface area (Å²) in [4.78, 5) is -0.471. The second-order valence-corrected chi connectivity index (χ2v) is 5.12. The Morgan fingerprint density at radius 1 is 1.30 bits per heavy atom. The molecule has 0 fully saturated rings. The summed E-state index contributed by atoms with van der Waals surface area (Å²) in [6.45, 7) is 2.01. The first-order valence-electron chi connectivity index (χ1n) is 3.14. The van der Waals surface area contributed by atoms with Gasteiger partial charge in [0.15, 0.2) is 0 Å². The van der Waals surface area contributed by atoms with E-state index in [9.17, 15) is 0 Å². The Hall–Kier alpha value is 1.16. The van der Waals surface area contributed by atoms with Crippen LogP contribution < -0.4 is 0 Å². The smallest absolute Gasteiger partial charge is 0.105 e. The number of hydrogen-bond donors (Lipinski definition) is 0. The van der Waals surface area contributed by atoms with E-state index in [4.69, 9.17) is 46.4 Å². The third-order valence-corrected chi connectivity index (χ3v) is 2.06. The van der Waals surface area contributed by atoms with Crippen molar-refractivity contribution in [2.75, 3.05) is 0 Å². The fraction of sp³-hybridized carbons (Fsp3) is 1.00. The highest BCUT2D eigenvalue weighted by atomic mass is 35.5. The molecule has 4 heteroatoms. The summed E-state index contributed by atoms with van der Waals surface area (Å²) >= 11 is 22.6. The van der Waals surface area contributed by atoms with Gasteiger partial charge in [0, 0.05) is 6.42 Å². The van der Waals surface area contributed by atoms with Crippen LogP contribution in [0.4, 0.5) is 0 Å². The number of halogens is 4. The summed E-state index contributed by atoms with van der Waals surface area (Å²) in [5.74, 6) is 0. The maximum atomic E-state index is 5.83. The molecule has 0 saturated heterocycles. The van der Waals surface area contributed by atoms with Crippen molar-refractivity contribution < 1.29 is 0 Å². The van der Waals surface area contributed by atoms with Gasteiger partial charge in [0.05, 0.1) is 0 Å². The Labute approximate surface area is 81.8 Å². The van der Waals surface area contributed by atoms with Gasteiger partial charge in [0.2, 0.25) is 0 Å². The molecule has 0 heterocycles. The molecule has 0 spiro atoms. The van der Waals surface area contributed by atoms with Gasteiger partial charge in [-0.05, 0) is 6.42 Å². The fourth-order valence-corrected chi connectivity index (χ4v) is 2.22. The maximum Gasteiger partial charge on any atom is 0.120 e. The highest BCUT2D eigenvalue weighted by molar-refractivity contribution is 6.50. The molecule has 0 bridgehead atoms. The predicted octanol–water partition coefficient (Wildman–Crippen LogP) is 4.15. The van der Waals surface area contributed by atoms with E-state index in [0.717, 1.165) is 12.8 Å². The number of alkyl halides is 4. The third-order valence-electron chi connectivity index (χ3n) is 1.07. The van der Waals surface area contributed by atoms with Gasteiger partial charge >= 0.3 is 0 Å². The number of rotatable bonds is 4. The lowest BCUT2D eigenvalue weighted by Gasteiger charge is -2.18. The number of hydrogen-bond acceptors (Lipinski definition) is 0. The Kier molecular flexibility index (Phi) is 5.49. The van der Waals surface area contributed by atoms with Gasteiger partial charge in [-0.3, -0.25) is 0 Å². The van der Waals surface area contributed by atoms with Crippen LogP contribution in [0.5, 0.6) is 0 Å². The molecule has 10 heavy (non-hydrogen) atoms. The largest absolute Gasteiger partial charge is 0.120 e. The zero-order chi connectivity index (χ0) is 8.20. The Balaban J connectivity index is 3.63. The average molecular weight is 224 g/mol. The van der Waals surface area contributed by atoms with Crippen molar-refractivity contribution in [1.29, 1.82) is 0 Å². The van der Waals surface area contributed by atoms with Gasteiger partial charge in [-0.25, -0.2) is 0 Å². The molecule has 0 unspecified atom stereocenters. The maximum absolute atomic E-state index is 5.83. The van der Waals surface area contributed by atoms with Gasteiger partial charge in [0.1, 0.15) is 9.17 Å². The van der Waals surface area contributed by atoms with E-state index in [1.54, 1.807) is 0 Å². The van der Waals surface area contributed by atoms with Crippen LogP contribution in [-0.4, -0.2) is 9.17 Å². The van der Waals surface area contributed by atoms with Gasteiger partial charge in [-0.2, -0.15) is 0 Å². The molecule has 0 aromatic heterocycles. The Bertz CT molecular complexity index is 89.7. The van der Waals surface area contributed by atoms with Crippen LogP contribution >= 0.6 is 46.4 Å². The van der Waals surface area contributed by atoms with Crippen molar-refractivity contribution in [2.45, 2.75) is 35.4 Å². The molecule has 0 aromatic rings. The molecule has 62 valence electrons. The molecule has 0 aliphatic rings. The standard InChI is InChI=1S/C6H10Cl4/c1-2-3-6(9,10)4-5(7)8/h5H,2-4H2,1H3. The molecule has 0 saturated carbocycles. The van der Waals surface area contributed by atoms with E-state index < -0.39 is 9.17 Å². The van der Waals surface area contributed by atoms with E-state index in [1.807, 2.05) is 6.92 Å². The summed E-state index contributed by atoms with van der Waals surface area (Å²) < 4.78 is -0.747. The van der Waals surface area contributed by atoms with Crippen molar-refractivity contribution in [3.63, 3.8) is 0 Å². The quantitative estimate of drug-likeness (QED) is 0.629. The van der Waals surface area contributed by atoms with E-state index in [2.05, 4.69) is 0 Å². The van der Waals surface area contributed by atoms with Crippen molar-refractivity contribution in [3.05, 3.63) is 0 Å². The normalized spacial score (nSPS) is 12.6. The van der Waals surface area contributed by atoms with E-state index in [1.165, 1.54) is 0 Å². The third kappa shape index (κ3) is 5.91. The molecular formula is C6H10Cl4. The highest BCUT2D eigenvalue weighted by Gasteiger charge is 2.25. The van der Waals surface area contributed by atoms with Gasteiger partial charge < -0.3 is 0 Å². The second kappa shape index (κ2) is 4.92. The average Bonchev–Trinajstić information content (AvgIpc) is 1.59. The molecule has 0 N–H and O–H groups in total. The van der Waals surface area contributed by atoms with Gasteiger partial charge in [-0.15, -0.1) is 46.4 Å². The van der Waals surface area contributed by atoms with Crippen LogP contribution in [0.2, 0.25) is 0 Å². The molecule has 0 rings (SSSR count). The van der Waals surface area contributed by atoms with Crippen molar-refractivity contribution >= 4 is 46.4 Å². The van der Waals surface area contributed by atoms with Crippen LogP contribution in [0.15, 0.2) is 0 Å². The first-order chi connectivity index (χ1) is 4.48. The minimum atomic E-state index is -0.747. The van der Waals surface area contributed by atoms with Gasteiger partial charge in [-0.1, -0.05) is 13.3 Å². The van der Waals surface area contributed by atoms with Crippen LogP contribution in [0, 0.1) is 0 Å². The summed E-state index contributed by atoms with van der Waals surface area (Å²) in [5.41, 5.74) is 0. The van der Waals surface area contributed by atoms with Crippen molar-refractivity contribution in [3.8, 4) is 0 Å². The molecule has 0 amide bonds. The summed E-state index contributed by atoms with van der Waals surface area (Å²) in [7, 11) is 0. The zero-order valence-corrected chi connectivity index (χ0v) is 8.73. The minimum absolute atomic E-state index is 0.424. The molecule has 0 aromatic carbocycles. The van der Waals surface area contributed by atoms with Crippen LogP contribution in [0.1, 0.15) is 26.2 Å². The predicted molar refractivity (Wildman–Crippen MR) is 49.5 cm³/mol.